The zero-order chi connectivity index (χ0) is 20.9. The second kappa shape index (κ2) is 13.0. The van der Waals surface area contributed by atoms with E-state index in [4.69, 9.17) is 15.2 Å². The third-order valence-electron chi connectivity index (χ3n) is 4.16. The summed E-state index contributed by atoms with van der Waals surface area (Å²) in [6, 6.07) is 12.3. The van der Waals surface area contributed by atoms with E-state index in [2.05, 4.69) is 19.2 Å². The predicted molar refractivity (Wildman–Crippen MR) is 119 cm³/mol. The van der Waals surface area contributed by atoms with Crippen molar-refractivity contribution in [2.24, 2.45) is 11.7 Å². The molecule has 0 radical (unpaired) electrons. The van der Waals surface area contributed by atoms with Crippen molar-refractivity contribution in [3.63, 3.8) is 0 Å². The Balaban J connectivity index is 2.00. The van der Waals surface area contributed by atoms with Gasteiger partial charge in [-0.25, -0.2) is 4.39 Å². The molecule has 3 N–H and O–H groups in total. The normalized spacial score (nSPS) is 11.3. The first-order valence-electron chi connectivity index (χ1n) is 10.3. The first-order valence-corrected chi connectivity index (χ1v) is 10.3. The molecule has 0 aromatic heterocycles. The van der Waals surface area contributed by atoms with Gasteiger partial charge in [0, 0.05) is 19.2 Å². The minimum atomic E-state index is -0.236. The molecule has 0 amide bonds. The van der Waals surface area contributed by atoms with Gasteiger partial charge < -0.3 is 20.5 Å². The van der Waals surface area contributed by atoms with Gasteiger partial charge in [-0.1, -0.05) is 38.1 Å². The molecule has 0 heterocycles. The quantitative estimate of drug-likeness (QED) is 0.377. The van der Waals surface area contributed by atoms with E-state index < -0.39 is 0 Å². The van der Waals surface area contributed by atoms with E-state index in [0.29, 0.717) is 25.7 Å². The van der Waals surface area contributed by atoms with Crippen molar-refractivity contribution in [3.8, 4) is 11.5 Å². The zero-order valence-electron chi connectivity index (χ0n) is 17.5. The summed E-state index contributed by atoms with van der Waals surface area (Å²) >= 11 is 0. The van der Waals surface area contributed by atoms with Crippen molar-refractivity contribution in [1.29, 1.82) is 0 Å². The molecule has 2 aromatic rings. The molecule has 0 saturated carbocycles. The largest absolute Gasteiger partial charge is 0.493 e. The number of hydrogen-bond donors (Lipinski definition) is 2. The lowest BCUT2D eigenvalue weighted by Crippen LogP contribution is -2.23. The van der Waals surface area contributed by atoms with E-state index in [1.807, 2.05) is 30.4 Å². The minimum Gasteiger partial charge on any atom is -0.493 e. The standard InChI is InChI=1S/C24H33FN2O2/c1-19(2)18-29-24-16-21(6-5-20-7-9-22(25)10-8-20)15-23(17-24)28-14-4-3-12-27-13-11-26/h5-10,15-17,19,27H,3-4,11-14,18,26H2,1-2H3/b6-5+. The van der Waals surface area contributed by atoms with Crippen molar-refractivity contribution in [2.45, 2.75) is 26.7 Å². The smallest absolute Gasteiger partial charge is 0.123 e. The third kappa shape index (κ3) is 9.59. The van der Waals surface area contributed by atoms with Gasteiger partial charge in [0.25, 0.3) is 0 Å². The number of ether oxygens (including phenoxy) is 2. The summed E-state index contributed by atoms with van der Waals surface area (Å²) in [5.74, 6) is 1.79. The Morgan fingerprint density at radius 1 is 0.931 bits per heavy atom. The fourth-order valence-electron chi connectivity index (χ4n) is 2.66. The van der Waals surface area contributed by atoms with Crippen LogP contribution in [0.4, 0.5) is 4.39 Å². The number of nitrogens with one attached hydrogen (secondary N) is 1. The summed E-state index contributed by atoms with van der Waals surface area (Å²) in [6.45, 7) is 8.00. The Hall–Kier alpha value is -2.37. The topological polar surface area (TPSA) is 56.5 Å². The molecular weight excluding hydrogens is 367 g/mol. The molecule has 5 heteroatoms. The SMILES string of the molecule is CC(C)COc1cc(/C=C/c2ccc(F)cc2)cc(OCCCCNCCN)c1. The lowest BCUT2D eigenvalue weighted by atomic mass is 10.1. The van der Waals surface area contributed by atoms with Crippen LogP contribution < -0.4 is 20.5 Å². The number of unbranched alkanes of at least 4 members (excludes halogenated alkanes) is 1. The average Bonchev–Trinajstić information content (AvgIpc) is 2.71. The van der Waals surface area contributed by atoms with E-state index in [1.54, 1.807) is 12.1 Å². The highest BCUT2D eigenvalue weighted by Crippen LogP contribution is 2.25. The molecule has 158 valence electrons. The van der Waals surface area contributed by atoms with Gasteiger partial charge in [0.15, 0.2) is 0 Å². The monoisotopic (exact) mass is 400 g/mol. The molecule has 29 heavy (non-hydrogen) atoms. The maximum absolute atomic E-state index is 13.1. The molecule has 4 nitrogen and oxygen atoms in total. The summed E-state index contributed by atoms with van der Waals surface area (Å²) in [5.41, 5.74) is 7.38. The van der Waals surface area contributed by atoms with Crippen LogP contribution in [0.5, 0.6) is 11.5 Å². The van der Waals surface area contributed by atoms with Crippen molar-refractivity contribution >= 4 is 12.2 Å². The summed E-state index contributed by atoms with van der Waals surface area (Å²) in [4.78, 5) is 0. The third-order valence-corrected chi connectivity index (χ3v) is 4.16. The van der Waals surface area contributed by atoms with E-state index in [1.165, 1.54) is 12.1 Å². The fourth-order valence-corrected chi connectivity index (χ4v) is 2.66. The molecule has 0 fully saturated rings. The van der Waals surface area contributed by atoms with Gasteiger partial charge in [0.05, 0.1) is 13.2 Å². The Labute approximate surface area is 173 Å². The molecule has 0 aliphatic rings. The molecule has 0 bridgehead atoms. The Morgan fingerprint density at radius 2 is 1.62 bits per heavy atom. The average molecular weight is 401 g/mol. The van der Waals surface area contributed by atoms with Crippen LogP contribution in [0, 0.1) is 11.7 Å². The Bertz CT molecular complexity index is 745. The molecule has 0 aliphatic carbocycles. The maximum atomic E-state index is 13.1. The number of rotatable bonds is 13. The van der Waals surface area contributed by atoms with Crippen molar-refractivity contribution in [1.82, 2.24) is 5.32 Å². The first-order chi connectivity index (χ1) is 14.1. The first kappa shape index (κ1) is 22.9. The van der Waals surface area contributed by atoms with Gasteiger partial charge in [0.2, 0.25) is 0 Å². The van der Waals surface area contributed by atoms with E-state index >= 15 is 0 Å². The van der Waals surface area contributed by atoms with E-state index in [9.17, 15) is 4.39 Å². The number of benzene rings is 2. The van der Waals surface area contributed by atoms with Crippen LogP contribution in [-0.2, 0) is 0 Å². The lowest BCUT2D eigenvalue weighted by molar-refractivity contribution is 0.266. The van der Waals surface area contributed by atoms with Gasteiger partial charge in [-0.3, -0.25) is 0 Å². The number of hydrogen-bond acceptors (Lipinski definition) is 4. The highest BCUT2D eigenvalue weighted by atomic mass is 19.1. The lowest BCUT2D eigenvalue weighted by Gasteiger charge is -2.13. The zero-order valence-corrected chi connectivity index (χ0v) is 17.5. The van der Waals surface area contributed by atoms with Crippen LogP contribution in [-0.4, -0.2) is 32.8 Å². The maximum Gasteiger partial charge on any atom is 0.123 e. The molecule has 0 aliphatic heterocycles. The fraction of sp³-hybridized carbons (Fsp3) is 0.417. The molecule has 0 spiro atoms. The van der Waals surface area contributed by atoms with Gasteiger partial charge in [-0.05, 0) is 60.7 Å². The van der Waals surface area contributed by atoms with Crippen LogP contribution in [0.3, 0.4) is 0 Å². The Morgan fingerprint density at radius 3 is 2.31 bits per heavy atom. The Kier molecular flexibility index (Phi) is 10.2. The van der Waals surface area contributed by atoms with Gasteiger partial charge >= 0.3 is 0 Å². The second-order valence-electron chi connectivity index (χ2n) is 7.42. The number of halogens is 1. The summed E-state index contributed by atoms with van der Waals surface area (Å²) in [6.07, 6.45) is 5.95. The predicted octanol–water partition coefficient (Wildman–Crippen LogP) is 4.74. The van der Waals surface area contributed by atoms with Crippen LogP contribution in [0.1, 0.15) is 37.8 Å². The summed E-state index contributed by atoms with van der Waals surface area (Å²) in [7, 11) is 0. The van der Waals surface area contributed by atoms with E-state index in [-0.39, 0.29) is 5.82 Å². The summed E-state index contributed by atoms with van der Waals surface area (Å²) < 4.78 is 24.9. The van der Waals surface area contributed by atoms with Crippen molar-refractivity contribution in [3.05, 3.63) is 59.4 Å². The van der Waals surface area contributed by atoms with Gasteiger partial charge in [0.1, 0.15) is 17.3 Å². The second-order valence-corrected chi connectivity index (χ2v) is 7.42. The van der Waals surface area contributed by atoms with Gasteiger partial charge in [-0.2, -0.15) is 0 Å². The van der Waals surface area contributed by atoms with Crippen LogP contribution in [0.2, 0.25) is 0 Å². The van der Waals surface area contributed by atoms with Crippen LogP contribution in [0.15, 0.2) is 42.5 Å². The summed E-state index contributed by atoms with van der Waals surface area (Å²) in [5, 5.41) is 3.28. The van der Waals surface area contributed by atoms with Crippen molar-refractivity contribution in [2.75, 3.05) is 32.8 Å². The van der Waals surface area contributed by atoms with Crippen LogP contribution >= 0.6 is 0 Å². The highest BCUT2D eigenvalue weighted by Gasteiger charge is 2.04. The van der Waals surface area contributed by atoms with Gasteiger partial charge in [-0.15, -0.1) is 0 Å². The molecular formula is C24H33FN2O2. The number of nitrogens with two attached hydrogens (primary N) is 1. The minimum absolute atomic E-state index is 0.236. The highest BCUT2D eigenvalue weighted by molar-refractivity contribution is 5.71. The molecule has 0 atom stereocenters. The molecule has 2 aromatic carbocycles. The molecule has 0 unspecified atom stereocenters. The molecule has 2 rings (SSSR count). The van der Waals surface area contributed by atoms with Crippen molar-refractivity contribution < 1.29 is 13.9 Å². The molecule has 0 saturated heterocycles. The van der Waals surface area contributed by atoms with Crippen LogP contribution in [0.25, 0.3) is 12.2 Å². The van der Waals surface area contributed by atoms with E-state index in [0.717, 1.165) is 48.6 Å².